The van der Waals surface area contributed by atoms with Crippen LogP contribution in [0.3, 0.4) is 0 Å². The van der Waals surface area contributed by atoms with Crippen LogP contribution in [0.25, 0.3) is 0 Å². The number of hydrogen-bond acceptors (Lipinski definition) is 2. The van der Waals surface area contributed by atoms with Crippen LogP contribution in [-0.4, -0.2) is 25.2 Å². The fourth-order valence-electron chi connectivity index (χ4n) is 2.46. The predicted octanol–water partition coefficient (Wildman–Crippen LogP) is 3.29. The van der Waals surface area contributed by atoms with E-state index in [0.717, 1.165) is 5.56 Å². The van der Waals surface area contributed by atoms with Gasteiger partial charge in [0.1, 0.15) is 0 Å². The van der Waals surface area contributed by atoms with E-state index < -0.39 is 17.5 Å². The van der Waals surface area contributed by atoms with Crippen molar-refractivity contribution in [2.45, 2.75) is 32.4 Å². The third-order valence-corrected chi connectivity index (χ3v) is 3.97. The van der Waals surface area contributed by atoms with Crippen LogP contribution in [-0.2, 0) is 4.79 Å². The minimum absolute atomic E-state index is 0.194. The third kappa shape index (κ3) is 3.05. The first-order valence-electron chi connectivity index (χ1n) is 6.95. The Morgan fingerprint density at radius 2 is 1.90 bits per heavy atom. The summed E-state index contributed by atoms with van der Waals surface area (Å²) in [5, 5.41) is 5.03. The van der Waals surface area contributed by atoms with Crippen LogP contribution in [0, 0.1) is 5.41 Å². The maximum absolute atomic E-state index is 13.2. The van der Waals surface area contributed by atoms with Gasteiger partial charge in [-0.25, -0.2) is 0 Å². The average Bonchev–Trinajstić information content (AvgIpc) is 2.89. The SMILES string of the molecule is CC(C)c1ccc(NC(=O)C2(C(F)(F)F)CCNC2)cc1. The maximum Gasteiger partial charge on any atom is 0.404 e. The van der Waals surface area contributed by atoms with Crippen molar-refractivity contribution in [1.29, 1.82) is 0 Å². The molecule has 1 fully saturated rings. The molecule has 0 radical (unpaired) electrons. The van der Waals surface area contributed by atoms with E-state index >= 15 is 0 Å². The zero-order chi connectivity index (χ0) is 15.7. The molecule has 1 saturated heterocycles. The lowest BCUT2D eigenvalue weighted by molar-refractivity contribution is -0.213. The highest BCUT2D eigenvalue weighted by molar-refractivity contribution is 5.96. The van der Waals surface area contributed by atoms with Gasteiger partial charge in [0.05, 0.1) is 0 Å². The highest BCUT2D eigenvalue weighted by Gasteiger charge is 2.61. The molecular weight excluding hydrogens is 281 g/mol. The largest absolute Gasteiger partial charge is 0.404 e. The molecule has 0 saturated carbocycles. The number of carbonyl (C=O) groups is 1. The van der Waals surface area contributed by atoms with Gasteiger partial charge in [-0.2, -0.15) is 13.2 Å². The number of anilines is 1. The Labute approximate surface area is 121 Å². The minimum atomic E-state index is -4.56. The minimum Gasteiger partial charge on any atom is -0.325 e. The highest BCUT2D eigenvalue weighted by atomic mass is 19.4. The standard InChI is InChI=1S/C15H19F3N2O/c1-10(2)11-3-5-12(6-4-11)20-13(21)14(15(16,17)18)7-8-19-9-14/h3-6,10,19H,7-9H2,1-2H3,(H,20,21). The Hall–Kier alpha value is -1.56. The van der Waals surface area contributed by atoms with Gasteiger partial charge in [-0.1, -0.05) is 26.0 Å². The topological polar surface area (TPSA) is 41.1 Å². The summed E-state index contributed by atoms with van der Waals surface area (Å²) in [6.45, 7) is 3.87. The Bertz CT molecular complexity index is 503. The Balaban J connectivity index is 2.16. The van der Waals surface area contributed by atoms with Gasteiger partial charge in [0, 0.05) is 12.2 Å². The summed E-state index contributed by atoms with van der Waals surface area (Å²) in [5.41, 5.74) is -0.870. The van der Waals surface area contributed by atoms with E-state index in [2.05, 4.69) is 10.6 Å². The van der Waals surface area contributed by atoms with Gasteiger partial charge in [-0.3, -0.25) is 4.79 Å². The molecule has 1 heterocycles. The van der Waals surface area contributed by atoms with E-state index in [-0.39, 0.29) is 19.5 Å². The third-order valence-electron chi connectivity index (χ3n) is 3.97. The first-order valence-corrected chi connectivity index (χ1v) is 6.95. The summed E-state index contributed by atoms with van der Waals surface area (Å²) >= 11 is 0. The summed E-state index contributed by atoms with van der Waals surface area (Å²) in [6, 6.07) is 6.90. The quantitative estimate of drug-likeness (QED) is 0.899. The van der Waals surface area contributed by atoms with E-state index in [1.807, 2.05) is 26.0 Å². The molecule has 2 N–H and O–H groups in total. The number of nitrogens with one attached hydrogen (secondary N) is 2. The zero-order valence-corrected chi connectivity index (χ0v) is 12.1. The second-order valence-corrected chi connectivity index (χ2v) is 5.74. The number of halogens is 3. The Kier molecular flexibility index (Phi) is 4.27. The summed E-state index contributed by atoms with van der Waals surface area (Å²) in [6.07, 6.45) is -4.79. The van der Waals surface area contributed by atoms with E-state index in [9.17, 15) is 18.0 Å². The molecule has 0 aromatic heterocycles. The van der Waals surface area contributed by atoms with Crippen LogP contribution >= 0.6 is 0 Å². The van der Waals surface area contributed by atoms with E-state index in [4.69, 9.17) is 0 Å². The normalized spacial score (nSPS) is 22.6. The van der Waals surface area contributed by atoms with Crippen molar-refractivity contribution >= 4 is 11.6 Å². The van der Waals surface area contributed by atoms with Gasteiger partial charge in [0.15, 0.2) is 5.41 Å². The average molecular weight is 300 g/mol. The molecular formula is C15H19F3N2O. The van der Waals surface area contributed by atoms with Crippen LogP contribution in [0.15, 0.2) is 24.3 Å². The van der Waals surface area contributed by atoms with Gasteiger partial charge in [-0.15, -0.1) is 0 Å². The van der Waals surface area contributed by atoms with Crippen molar-refractivity contribution in [1.82, 2.24) is 5.32 Å². The van der Waals surface area contributed by atoms with Gasteiger partial charge in [0.2, 0.25) is 5.91 Å². The smallest absolute Gasteiger partial charge is 0.325 e. The molecule has 0 spiro atoms. The summed E-state index contributed by atoms with van der Waals surface area (Å²) < 4.78 is 39.7. The van der Waals surface area contributed by atoms with Crippen molar-refractivity contribution in [2.75, 3.05) is 18.4 Å². The number of alkyl halides is 3. The monoisotopic (exact) mass is 300 g/mol. The summed E-state index contributed by atoms with van der Waals surface area (Å²) in [4.78, 5) is 12.1. The lowest BCUT2D eigenvalue weighted by Gasteiger charge is -2.29. The van der Waals surface area contributed by atoms with E-state index in [1.165, 1.54) is 0 Å². The second-order valence-electron chi connectivity index (χ2n) is 5.74. The van der Waals surface area contributed by atoms with Crippen LogP contribution < -0.4 is 10.6 Å². The summed E-state index contributed by atoms with van der Waals surface area (Å²) in [7, 11) is 0. The van der Waals surface area contributed by atoms with Crippen molar-refractivity contribution in [3.8, 4) is 0 Å². The van der Waals surface area contributed by atoms with E-state index in [1.54, 1.807) is 12.1 Å². The first kappa shape index (κ1) is 15.8. The van der Waals surface area contributed by atoms with Crippen LogP contribution in [0.2, 0.25) is 0 Å². The molecule has 1 aliphatic rings. The molecule has 1 aliphatic heterocycles. The molecule has 6 heteroatoms. The molecule has 1 amide bonds. The van der Waals surface area contributed by atoms with Crippen molar-refractivity contribution in [2.24, 2.45) is 5.41 Å². The van der Waals surface area contributed by atoms with Crippen molar-refractivity contribution in [3.05, 3.63) is 29.8 Å². The fourth-order valence-corrected chi connectivity index (χ4v) is 2.46. The molecule has 116 valence electrons. The molecule has 3 nitrogen and oxygen atoms in total. The molecule has 21 heavy (non-hydrogen) atoms. The van der Waals surface area contributed by atoms with E-state index in [0.29, 0.717) is 11.6 Å². The van der Waals surface area contributed by atoms with Gasteiger partial charge in [0.25, 0.3) is 0 Å². The Morgan fingerprint density at radius 3 is 2.33 bits per heavy atom. The van der Waals surface area contributed by atoms with Gasteiger partial charge >= 0.3 is 6.18 Å². The summed E-state index contributed by atoms with van der Waals surface area (Å²) in [5.74, 6) is -0.660. The molecule has 1 aromatic rings. The van der Waals surface area contributed by atoms with Crippen molar-refractivity contribution in [3.63, 3.8) is 0 Å². The Morgan fingerprint density at radius 1 is 1.29 bits per heavy atom. The van der Waals surface area contributed by atoms with Crippen LogP contribution in [0.5, 0.6) is 0 Å². The molecule has 0 aliphatic carbocycles. The number of rotatable bonds is 3. The number of hydrogen-bond donors (Lipinski definition) is 2. The molecule has 2 rings (SSSR count). The fraction of sp³-hybridized carbons (Fsp3) is 0.533. The predicted molar refractivity (Wildman–Crippen MR) is 75.1 cm³/mol. The molecule has 1 unspecified atom stereocenters. The highest BCUT2D eigenvalue weighted by Crippen LogP contribution is 2.43. The van der Waals surface area contributed by atoms with Gasteiger partial charge < -0.3 is 10.6 Å². The zero-order valence-electron chi connectivity index (χ0n) is 12.1. The lowest BCUT2D eigenvalue weighted by Crippen LogP contribution is -2.49. The van der Waals surface area contributed by atoms with Crippen LogP contribution in [0.4, 0.5) is 18.9 Å². The molecule has 1 atom stereocenters. The number of carbonyl (C=O) groups excluding carboxylic acids is 1. The van der Waals surface area contributed by atoms with Crippen LogP contribution in [0.1, 0.15) is 31.7 Å². The van der Waals surface area contributed by atoms with Crippen molar-refractivity contribution < 1.29 is 18.0 Å². The maximum atomic E-state index is 13.2. The first-order chi connectivity index (χ1) is 9.76. The molecule has 0 bridgehead atoms. The molecule has 1 aromatic carbocycles. The number of benzene rings is 1. The van der Waals surface area contributed by atoms with Gasteiger partial charge in [-0.05, 0) is 36.6 Å². The lowest BCUT2D eigenvalue weighted by atomic mass is 9.85. The number of amides is 1. The second kappa shape index (κ2) is 5.67.